The number of hydrogen-bond donors (Lipinski definition) is 1. The number of aromatic nitrogens is 3. The molecular formula is C13H12FN3OS. The second-order valence-electron chi connectivity index (χ2n) is 4.42. The fourth-order valence-electron chi connectivity index (χ4n) is 2.17. The highest BCUT2D eigenvalue weighted by molar-refractivity contribution is 7.71. The van der Waals surface area contributed by atoms with E-state index in [1.807, 2.05) is 19.9 Å². The fraction of sp³-hybridized carbons (Fsp3) is 0.231. The fourth-order valence-corrected chi connectivity index (χ4v) is 2.53. The summed E-state index contributed by atoms with van der Waals surface area (Å²) in [4.78, 5) is 7.09. The van der Waals surface area contributed by atoms with E-state index in [1.54, 1.807) is 16.8 Å². The molecule has 0 amide bonds. The maximum Gasteiger partial charge on any atom is 0.217 e. The molecule has 3 aromatic rings. The number of halogens is 1. The number of imidazole rings is 1. The summed E-state index contributed by atoms with van der Waals surface area (Å²) in [5.74, 6) is 0.969. The first-order valence-electron chi connectivity index (χ1n) is 5.89. The second-order valence-corrected chi connectivity index (χ2v) is 4.81. The van der Waals surface area contributed by atoms with Crippen LogP contribution in [-0.2, 0) is 0 Å². The molecule has 0 spiro atoms. The number of hydrogen-bond acceptors (Lipinski definition) is 3. The van der Waals surface area contributed by atoms with Crippen LogP contribution in [0.4, 0.5) is 4.39 Å². The zero-order valence-electron chi connectivity index (χ0n) is 10.5. The molecule has 0 aliphatic heterocycles. The molecule has 0 bridgehead atoms. The Hall–Kier alpha value is -1.95. The van der Waals surface area contributed by atoms with E-state index in [0.29, 0.717) is 21.7 Å². The van der Waals surface area contributed by atoms with Crippen molar-refractivity contribution in [2.24, 2.45) is 0 Å². The smallest absolute Gasteiger partial charge is 0.217 e. The van der Waals surface area contributed by atoms with Crippen molar-refractivity contribution in [3.8, 4) is 0 Å². The van der Waals surface area contributed by atoms with Crippen LogP contribution in [0.2, 0.25) is 0 Å². The third-order valence-electron chi connectivity index (χ3n) is 3.09. The molecule has 19 heavy (non-hydrogen) atoms. The molecule has 3 rings (SSSR count). The summed E-state index contributed by atoms with van der Waals surface area (Å²) in [6.45, 7) is 3.75. The molecule has 4 nitrogen and oxygen atoms in total. The summed E-state index contributed by atoms with van der Waals surface area (Å²) in [5, 5.41) is 0. The van der Waals surface area contributed by atoms with E-state index >= 15 is 0 Å². The first-order valence-corrected chi connectivity index (χ1v) is 6.30. The third-order valence-corrected chi connectivity index (χ3v) is 3.38. The molecule has 1 unspecified atom stereocenters. The first kappa shape index (κ1) is 12.1. The topological polar surface area (TPSA) is 46.8 Å². The lowest BCUT2D eigenvalue weighted by Gasteiger charge is -2.10. The third kappa shape index (κ3) is 1.88. The van der Waals surface area contributed by atoms with Crippen molar-refractivity contribution in [3.63, 3.8) is 0 Å². The van der Waals surface area contributed by atoms with Crippen LogP contribution in [0.1, 0.15) is 24.6 Å². The quantitative estimate of drug-likeness (QED) is 0.726. The Kier molecular flexibility index (Phi) is 2.74. The van der Waals surface area contributed by atoms with Gasteiger partial charge in [0.15, 0.2) is 4.77 Å². The van der Waals surface area contributed by atoms with Gasteiger partial charge in [0.2, 0.25) is 5.89 Å². The first-order chi connectivity index (χ1) is 9.08. The lowest BCUT2D eigenvalue weighted by Crippen LogP contribution is -2.07. The molecule has 0 aliphatic carbocycles. The molecule has 0 saturated carbocycles. The molecule has 1 N–H and O–H groups in total. The highest BCUT2D eigenvalue weighted by Crippen LogP contribution is 2.25. The van der Waals surface area contributed by atoms with Gasteiger partial charge < -0.3 is 14.0 Å². The summed E-state index contributed by atoms with van der Waals surface area (Å²) in [6.07, 6.45) is 1.66. The minimum atomic E-state index is -0.321. The van der Waals surface area contributed by atoms with Crippen LogP contribution in [0.15, 0.2) is 28.8 Å². The molecular weight excluding hydrogens is 265 g/mol. The Morgan fingerprint density at radius 3 is 2.95 bits per heavy atom. The molecule has 98 valence electrons. The van der Waals surface area contributed by atoms with Gasteiger partial charge in [0.1, 0.15) is 23.1 Å². The number of fused-ring (bicyclic) bond motifs is 1. The molecule has 1 atom stereocenters. The molecule has 1 aromatic carbocycles. The largest absolute Gasteiger partial charge is 0.444 e. The Bertz CT molecular complexity index is 802. The van der Waals surface area contributed by atoms with Gasteiger partial charge in [-0.3, -0.25) is 0 Å². The van der Waals surface area contributed by atoms with E-state index < -0.39 is 0 Å². The van der Waals surface area contributed by atoms with E-state index in [1.165, 1.54) is 6.07 Å². The lowest BCUT2D eigenvalue weighted by molar-refractivity contribution is 0.417. The second kappa shape index (κ2) is 4.31. The van der Waals surface area contributed by atoms with Crippen molar-refractivity contribution >= 4 is 23.3 Å². The maximum absolute atomic E-state index is 13.7. The monoisotopic (exact) mass is 277 g/mol. The Labute approximate surface area is 113 Å². The van der Waals surface area contributed by atoms with Crippen molar-refractivity contribution in [3.05, 3.63) is 46.6 Å². The summed E-state index contributed by atoms with van der Waals surface area (Å²) < 4.78 is 21.5. The minimum absolute atomic E-state index is 0.197. The summed E-state index contributed by atoms with van der Waals surface area (Å²) in [5.41, 5.74) is 1.11. The number of aryl methyl sites for hydroxylation is 1. The predicted molar refractivity (Wildman–Crippen MR) is 72.1 cm³/mol. The van der Waals surface area contributed by atoms with Crippen molar-refractivity contribution in [1.82, 2.24) is 14.5 Å². The van der Waals surface area contributed by atoms with Gasteiger partial charge in [0.25, 0.3) is 0 Å². The van der Waals surface area contributed by atoms with Crippen LogP contribution >= 0.6 is 12.2 Å². The number of rotatable bonds is 2. The Balaban J connectivity index is 2.23. The van der Waals surface area contributed by atoms with Gasteiger partial charge in [0, 0.05) is 0 Å². The zero-order valence-corrected chi connectivity index (χ0v) is 11.3. The van der Waals surface area contributed by atoms with Crippen LogP contribution < -0.4 is 0 Å². The number of H-pyrrole nitrogens is 1. The lowest BCUT2D eigenvalue weighted by atomic mass is 10.2. The SMILES string of the molecule is Cc1cnc(C(C)n2c(=S)[nH]c3c(F)cccc32)o1. The molecule has 0 saturated heterocycles. The van der Waals surface area contributed by atoms with E-state index in [0.717, 1.165) is 5.76 Å². The van der Waals surface area contributed by atoms with Gasteiger partial charge in [0.05, 0.1) is 11.7 Å². The van der Waals surface area contributed by atoms with Crippen molar-refractivity contribution in [2.45, 2.75) is 19.9 Å². The van der Waals surface area contributed by atoms with E-state index in [2.05, 4.69) is 9.97 Å². The summed E-state index contributed by atoms with van der Waals surface area (Å²) >= 11 is 5.27. The average molecular weight is 277 g/mol. The van der Waals surface area contributed by atoms with Crippen molar-refractivity contribution in [1.29, 1.82) is 0 Å². The normalized spacial score (nSPS) is 13.0. The van der Waals surface area contributed by atoms with E-state index in [4.69, 9.17) is 16.6 Å². The Morgan fingerprint density at radius 1 is 1.47 bits per heavy atom. The van der Waals surface area contributed by atoms with Crippen LogP contribution in [0.25, 0.3) is 11.0 Å². The molecule has 2 heterocycles. The van der Waals surface area contributed by atoms with Crippen LogP contribution in [0.5, 0.6) is 0 Å². The molecule has 0 radical (unpaired) electrons. The van der Waals surface area contributed by atoms with E-state index in [-0.39, 0.29) is 11.9 Å². The minimum Gasteiger partial charge on any atom is -0.444 e. The molecule has 0 fully saturated rings. The number of para-hydroxylation sites is 1. The van der Waals surface area contributed by atoms with E-state index in [9.17, 15) is 4.39 Å². The van der Waals surface area contributed by atoms with Gasteiger partial charge in [-0.25, -0.2) is 9.37 Å². The predicted octanol–water partition coefficient (Wildman–Crippen LogP) is 3.74. The van der Waals surface area contributed by atoms with Crippen molar-refractivity contribution < 1.29 is 8.81 Å². The highest BCUT2D eigenvalue weighted by atomic mass is 32.1. The number of aromatic amines is 1. The van der Waals surface area contributed by atoms with Gasteiger partial charge in [-0.05, 0) is 38.2 Å². The van der Waals surface area contributed by atoms with Gasteiger partial charge >= 0.3 is 0 Å². The Morgan fingerprint density at radius 2 is 2.26 bits per heavy atom. The number of oxazole rings is 1. The van der Waals surface area contributed by atoms with Gasteiger partial charge in [-0.2, -0.15) is 0 Å². The molecule has 2 aromatic heterocycles. The number of benzene rings is 1. The van der Waals surface area contributed by atoms with Crippen LogP contribution in [-0.4, -0.2) is 14.5 Å². The average Bonchev–Trinajstić information content (AvgIpc) is 2.93. The van der Waals surface area contributed by atoms with Gasteiger partial charge in [-0.15, -0.1) is 0 Å². The van der Waals surface area contributed by atoms with Crippen LogP contribution in [0, 0.1) is 17.5 Å². The maximum atomic E-state index is 13.7. The van der Waals surface area contributed by atoms with Gasteiger partial charge in [-0.1, -0.05) is 6.07 Å². The summed E-state index contributed by atoms with van der Waals surface area (Å²) in [7, 11) is 0. The zero-order chi connectivity index (χ0) is 13.6. The standard InChI is InChI=1S/C13H12FN3OS/c1-7-6-15-12(18-7)8(2)17-10-5-3-4-9(14)11(10)16-13(17)19/h3-6,8H,1-2H3,(H,16,19). The number of nitrogens with zero attached hydrogens (tertiary/aromatic N) is 2. The molecule has 6 heteroatoms. The van der Waals surface area contributed by atoms with Crippen LogP contribution in [0.3, 0.4) is 0 Å². The number of nitrogens with one attached hydrogen (secondary N) is 1. The van der Waals surface area contributed by atoms with Crippen molar-refractivity contribution in [2.75, 3.05) is 0 Å². The molecule has 0 aliphatic rings. The highest BCUT2D eigenvalue weighted by Gasteiger charge is 2.18. The summed E-state index contributed by atoms with van der Waals surface area (Å²) in [6, 6.07) is 4.68.